The molecule has 19 heavy (non-hydrogen) atoms. The van der Waals surface area contributed by atoms with Crippen LogP contribution in [0.25, 0.3) is 0 Å². The molecule has 1 heterocycles. The van der Waals surface area contributed by atoms with E-state index in [4.69, 9.17) is 4.74 Å². The first-order valence-electron chi connectivity index (χ1n) is 5.82. The monoisotopic (exact) mass is 266 g/mol. The number of carbonyl (C=O) groups excluding carboxylic acids is 1. The van der Waals surface area contributed by atoms with Crippen molar-refractivity contribution in [2.24, 2.45) is 0 Å². The SMILES string of the molecule is COc1ccc([N+](=O)[O-])cc1C(=O)N1CC[C@H](O)C1. The number of hydrogen-bond acceptors (Lipinski definition) is 5. The molecule has 0 bridgehead atoms. The summed E-state index contributed by atoms with van der Waals surface area (Å²) in [4.78, 5) is 23.9. The Balaban J connectivity index is 2.33. The predicted molar refractivity (Wildman–Crippen MR) is 66.2 cm³/mol. The van der Waals surface area contributed by atoms with Gasteiger partial charge in [-0.05, 0) is 12.5 Å². The molecule has 7 nitrogen and oxygen atoms in total. The van der Waals surface area contributed by atoms with Gasteiger partial charge >= 0.3 is 0 Å². The smallest absolute Gasteiger partial charge is 0.270 e. The number of aliphatic hydroxyl groups excluding tert-OH is 1. The number of ether oxygens (including phenoxy) is 1. The summed E-state index contributed by atoms with van der Waals surface area (Å²) in [6, 6.07) is 3.89. The van der Waals surface area contributed by atoms with E-state index in [-0.39, 0.29) is 29.5 Å². The normalized spacial score (nSPS) is 18.4. The standard InChI is InChI=1S/C12H14N2O5/c1-19-11-3-2-8(14(17)18)6-10(11)12(16)13-5-4-9(15)7-13/h2-3,6,9,15H,4-5,7H2,1H3/t9-/m0/s1. The molecule has 0 aliphatic carbocycles. The number of benzene rings is 1. The van der Waals surface area contributed by atoms with Crippen LogP contribution in [0.1, 0.15) is 16.8 Å². The average molecular weight is 266 g/mol. The summed E-state index contributed by atoms with van der Waals surface area (Å²) in [7, 11) is 1.40. The van der Waals surface area contributed by atoms with Crippen molar-refractivity contribution in [3.8, 4) is 5.75 Å². The van der Waals surface area contributed by atoms with E-state index in [1.54, 1.807) is 0 Å². The summed E-state index contributed by atoms with van der Waals surface area (Å²) in [5.74, 6) is -0.0749. The number of nitro groups is 1. The van der Waals surface area contributed by atoms with Crippen molar-refractivity contribution < 1.29 is 19.6 Å². The molecule has 1 aromatic rings. The topological polar surface area (TPSA) is 92.9 Å². The third kappa shape index (κ3) is 2.65. The van der Waals surface area contributed by atoms with Gasteiger partial charge in [0.15, 0.2) is 0 Å². The molecular weight excluding hydrogens is 252 g/mol. The quantitative estimate of drug-likeness (QED) is 0.645. The highest BCUT2D eigenvalue weighted by molar-refractivity contribution is 5.97. The second kappa shape index (κ2) is 5.23. The third-order valence-electron chi connectivity index (χ3n) is 3.07. The number of likely N-dealkylation sites (tertiary alicyclic amines) is 1. The van der Waals surface area contributed by atoms with Gasteiger partial charge in [0.05, 0.1) is 23.7 Å². The first kappa shape index (κ1) is 13.3. The van der Waals surface area contributed by atoms with Crippen molar-refractivity contribution in [2.45, 2.75) is 12.5 Å². The molecule has 0 unspecified atom stereocenters. The van der Waals surface area contributed by atoms with Crippen molar-refractivity contribution in [1.29, 1.82) is 0 Å². The lowest BCUT2D eigenvalue weighted by atomic mass is 10.1. The number of aliphatic hydroxyl groups is 1. The molecule has 1 amide bonds. The molecule has 1 aliphatic heterocycles. The summed E-state index contributed by atoms with van der Waals surface area (Å²) in [6.45, 7) is 0.677. The highest BCUT2D eigenvalue weighted by Crippen LogP contribution is 2.26. The Morgan fingerprint density at radius 2 is 2.32 bits per heavy atom. The zero-order valence-corrected chi connectivity index (χ0v) is 10.4. The van der Waals surface area contributed by atoms with Crippen LogP contribution in [-0.2, 0) is 0 Å². The zero-order chi connectivity index (χ0) is 14.0. The van der Waals surface area contributed by atoms with Gasteiger partial charge in [-0.15, -0.1) is 0 Å². The first-order valence-corrected chi connectivity index (χ1v) is 5.82. The molecule has 1 aromatic carbocycles. The molecule has 2 rings (SSSR count). The maximum Gasteiger partial charge on any atom is 0.270 e. The molecule has 0 aromatic heterocycles. The van der Waals surface area contributed by atoms with Crippen LogP contribution in [0.2, 0.25) is 0 Å². The number of amides is 1. The molecule has 1 atom stereocenters. The van der Waals surface area contributed by atoms with Gasteiger partial charge < -0.3 is 14.7 Å². The number of β-amino-alcohol motifs (C(OH)–C–C–N with tert-alkyl or cyclic N) is 1. The number of nitrogens with zero attached hydrogens (tertiary/aromatic N) is 2. The molecule has 1 saturated heterocycles. The zero-order valence-electron chi connectivity index (χ0n) is 10.4. The van der Waals surface area contributed by atoms with Gasteiger partial charge in [-0.1, -0.05) is 0 Å². The lowest BCUT2D eigenvalue weighted by Gasteiger charge is -2.17. The van der Waals surface area contributed by atoms with E-state index in [2.05, 4.69) is 0 Å². The van der Waals surface area contributed by atoms with Gasteiger partial charge in [0.2, 0.25) is 0 Å². The summed E-state index contributed by atoms with van der Waals surface area (Å²) in [6.07, 6.45) is -0.0168. The van der Waals surface area contributed by atoms with Crippen LogP contribution in [0, 0.1) is 10.1 Å². The van der Waals surface area contributed by atoms with E-state index in [1.165, 1.54) is 30.2 Å². The second-order valence-corrected chi connectivity index (χ2v) is 4.34. The van der Waals surface area contributed by atoms with Crippen molar-refractivity contribution in [3.05, 3.63) is 33.9 Å². The van der Waals surface area contributed by atoms with Crippen LogP contribution >= 0.6 is 0 Å². The van der Waals surface area contributed by atoms with E-state index in [9.17, 15) is 20.0 Å². The summed E-state index contributed by atoms with van der Waals surface area (Å²) in [5, 5.41) is 20.2. The number of hydrogen-bond donors (Lipinski definition) is 1. The van der Waals surface area contributed by atoms with Crippen molar-refractivity contribution in [3.63, 3.8) is 0 Å². The van der Waals surface area contributed by atoms with Gasteiger partial charge in [-0.3, -0.25) is 14.9 Å². The molecule has 1 aliphatic rings. The number of nitro benzene ring substituents is 1. The lowest BCUT2D eigenvalue weighted by molar-refractivity contribution is -0.384. The van der Waals surface area contributed by atoms with Gasteiger partial charge in [0.25, 0.3) is 11.6 Å². The summed E-state index contributed by atoms with van der Waals surface area (Å²) >= 11 is 0. The summed E-state index contributed by atoms with van der Waals surface area (Å²) < 4.78 is 5.06. The number of non-ortho nitro benzene ring substituents is 1. The molecule has 102 valence electrons. The van der Waals surface area contributed by atoms with Crippen LogP contribution in [0.4, 0.5) is 5.69 Å². The summed E-state index contributed by atoms with van der Waals surface area (Å²) in [5.41, 5.74) is -0.0188. The Morgan fingerprint density at radius 3 is 2.84 bits per heavy atom. The third-order valence-corrected chi connectivity index (χ3v) is 3.07. The number of rotatable bonds is 3. The molecule has 1 fully saturated rings. The predicted octanol–water partition coefficient (Wildman–Crippen LogP) is 0.810. The molecule has 0 saturated carbocycles. The first-order chi connectivity index (χ1) is 9.02. The fraction of sp³-hybridized carbons (Fsp3) is 0.417. The van der Waals surface area contributed by atoms with Gasteiger partial charge in [-0.2, -0.15) is 0 Å². The van der Waals surface area contributed by atoms with Crippen LogP contribution in [-0.4, -0.2) is 47.1 Å². The Kier molecular flexibility index (Phi) is 3.66. The van der Waals surface area contributed by atoms with Crippen molar-refractivity contribution in [1.82, 2.24) is 4.90 Å². The van der Waals surface area contributed by atoms with Gasteiger partial charge in [0, 0.05) is 25.2 Å². The molecule has 0 radical (unpaired) electrons. The van der Waals surface area contributed by atoms with E-state index >= 15 is 0 Å². The maximum absolute atomic E-state index is 12.3. The molecule has 7 heteroatoms. The highest BCUT2D eigenvalue weighted by Gasteiger charge is 2.28. The molecule has 1 N–H and O–H groups in total. The van der Waals surface area contributed by atoms with E-state index in [1.807, 2.05) is 0 Å². The number of methoxy groups -OCH3 is 1. The van der Waals surface area contributed by atoms with Crippen molar-refractivity contribution in [2.75, 3.05) is 20.2 Å². The van der Waals surface area contributed by atoms with Crippen LogP contribution in [0.15, 0.2) is 18.2 Å². The Bertz CT molecular complexity index is 517. The Morgan fingerprint density at radius 1 is 1.58 bits per heavy atom. The highest BCUT2D eigenvalue weighted by atomic mass is 16.6. The minimum absolute atomic E-state index is 0.144. The second-order valence-electron chi connectivity index (χ2n) is 4.34. The maximum atomic E-state index is 12.3. The largest absolute Gasteiger partial charge is 0.496 e. The van der Waals surface area contributed by atoms with E-state index < -0.39 is 11.0 Å². The van der Waals surface area contributed by atoms with Gasteiger partial charge in [-0.25, -0.2) is 0 Å². The Hall–Kier alpha value is -2.15. The van der Waals surface area contributed by atoms with Crippen LogP contribution in [0.3, 0.4) is 0 Å². The molecule has 0 spiro atoms. The Labute approximate surface area is 109 Å². The lowest BCUT2D eigenvalue weighted by Crippen LogP contribution is -2.29. The number of carbonyl (C=O) groups is 1. The minimum Gasteiger partial charge on any atom is -0.496 e. The van der Waals surface area contributed by atoms with Crippen LogP contribution < -0.4 is 4.74 Å². The fourth-order valence-corrected chi connectivity index (χ4v) is 2.07. The fourth-order valence-electron chi connectivity index (χ4n) is 2.07. The minimum atomic E-state index is -0.560. The van der Waals surface area contributed by atoms with E-state index in [0.717, 1.165) is 0 Å². The van der Waals surface area contributed by atoms with Gasteiger partial charge in [0.1, 0.15) is 5.75 Å². The van der Waals surface area contributed by atoms with Crippen LogP contribution in [0.5, 0.6) is 5.75 Å². The average Bonchev–Trinajstić information content (AvgIpc) is 2.83. The van der Waals surface area contributed by atoms with E-state index in [0.29, 0.717) is 13.0 Å². The molecular formula is C12H14N2O5. The van der Waals surface area contributed by atoms with Crippen molar-refractivity contribution >= 4 is 11.6 Å².